The van der Waals surface area contributed by atoms with Gasteiger partial charge >= 0.3 is 6.03 Å². The van der Waals surface area contributed by atoms with Crippen molar-refractivity contribution < 1.29 is 14.3 Å². The molecule has 0 aliphatic carbocycles. The largest absolute Gasteiger partial charge is 0.494 e. The van der Waals surface area contributed by atoms with Gasteiger partial charge in [-0.1, -0.05) is 24.3 Å². The molecule has 2 aromatic rings. The Morgan fingerprint density at radius 2 is 1.76 bits per heavy atom. The Kier molecular flexibility index (Phi) is 6.59. The highest BCUT2D eigenvalue weighted by atomic mass is 16.5. The normalized spacial score (nSPS) is 10.4. The summed E-state index contributed by atoms with van der Waals surface area (Å²) in [4.78, 5) is 22.6. The highest BCUT2D eigenvalue weighted by Gasteiger charge is 1.99. The molecule has 3 amide bonds. The Morgan fingerprint density at radius 3 is 2.36 bits per heavy atom. The number of benzene rings is 2. The van der Waals surface area contributed by atoms with Crippen LogP contribution in [0.25, 0.3) is 6.08 Å². The van der Waals surface area contributed by atoms with Gasteiger partial charge in [0.25, 0.3) is 0 Å². The van der Waals surface area contributed by atoms with Gasteiger partial charge in [0.1, 0.15) is 5.75 Å². The number of urea groups is 1. The fourth-order valence-corrected chi connectivity index (χ4v) is 2.11. The predicted molar refractivity (Wildman–Crippen MR) is 98.1 cm³/mol. The summed E-state index contributed by atoms with van der Waals surface area (Å²) >= 11 is 0. The average Bonchev–Trinajstić information content (AvgIpc) is 2.60. The van der Waals surface area contributed by atoms with Gasteiger partial charge in [0.2, 0.25) is 5.91 Å². The second-order valence-electron chi connectivity index (χ2n) is 5.24. The van der Waals surface area contributed by atoms with E-state index in [2.05, 4.69) is 10.6 Å². The number of rotatable bonds is 7. The molecule has 6 nitrogen and oxygen atoms in total. The molecule has 2 rings (SSSR count). The van der Waals surface area contributed by atoms with Crippen LogP contribution in [0.1, 0.15) is 18.1 Å². The summed E-state index contributed by atoms with van der Waals surface area (Å²) in [5.41, 5.74) is 7.48. The number of carbonyl (C=O) groups is 2. The third-order valence-corrected chi connectivity index (χ3v) is 3.31. The number of nitrogens with two attached hydrogens (primary N) is 1. The molecule has 0 aromatic heterocycles. The lowest BCUT2D eigenvalue weighted by molar-refractivity contribution is -0.116. The second-order valence-corrected chi connectivity index (χ2v) is 5.24. The first-order valence-corrected chi connectivity index (χ1v) is 7.91. The monoisotopic (exact) mass is 339 g/mol. The predicted octanol–water partition coefficient (Wildman–Crippen LogP) is 2.91. The number of hydrogen-bond acceptors (Lipinski definition) is 3. The van der Waals surface area contributed by atoms with Gasteiger partial charge < -0.3 is 21.1 Å². The summed E-state index contributed by atoms with van der Waals surface area (Å²) in [7, 11) is 0. The zero-order chi connectivity index (χ0) is 18.1. The van der Waals surface area contributed by atoms with Crippen LogP contribution in [0.4, 0.5) is 10.5 Å². The van der Waals surface area contributed by atoms with E-state index in [1.165, 1.54) is 6.08 Å². The van der Waals surface area contributed by atoms with Crippen molar-refractivity contribution in [1.82, 2.24) is 5.32 Å². The van der Waals surface area contributed by atoms with Crippen molar-refractivity contribution in [1.29, 1.82) is 0 Å². The number of ether oxygens (including phenoxy) is 1. The second kappa shape index (κ2) is 9.12. The molecular weight excluding hydrogens is 318 g/mol. The third kappa shape index (κ3) is 6.39. The SMILES string of the molecule is CCOc1ccc(/C=C/C(=O)NCc2ccc(NC(N)=O)cc2)cc1. The maximum Gasteiger partial charge on any atom is 0.316 e. The summed E-state index contributed by atoms with van der Waals surface area (Å²) in [5, 5.41) is 5.28. The summed E-state index contributed by atoms with van der Waals surface area (Å²) in [6.07, 6.45) is 3.23. The lowest BCUT2D eigenvalue weighted by Gasteiger charge is -2.05. The Labute approximate surface area is 146 Å². The van der Waals surface area contributed by atoms with Gasteiger partial charge in [0.05, 0.1) is 6.61 Å². The summed E-state index contributed by atoms with van der Waals surface area (Å²) in [6, 6.07) is 14.0. The van der Waals surface area contributed by atoms with Crippen molar-refractivity contribution >= 4 is 23.7 Å². The minimum absolute atomic E-state index is 0.187. The molecule has 25 heavy (non-hydrogen) atoms. The van der Waals surface area contributed by atoms with Gasteiger partial charge in [-0.25, -0.2) is 4.79 Å². The molecule has 0 bridgehead atoms. The van der Waals surface area contributed by atoms with Crippen molar-refractivity contribution in [3.8, 4) is 5.75 Å². The molecule has 6 heteroatoms. The number of nitrogens with one attached hydrogen (secondary N) is 2. The van der Waals surface area contributed by atoms with Crippen LogP contribution >= 0.6 is 0 Å². The van der Waals surface area contributed by atoms with E-state index in [1.54, 1.807) is 18.2 Å². The number of anilines is 1. The van der Waals surface area contributed by atoms with E-state index in [9.17, 15) is 9.59 Å². The van der Waals surface area contributed by atoms with Gasteiger partial charge in [0.15, 0.2) is 0 Å². The topological polar surface area (TPSA) is 93.4 Å². The number of hydrogen-bond donors (Lipinski definition) is 3. The Hall–Kier alpha value is -3.28. The molecule has 0 fully saturated rings. The minimum atomic E-state index is -0.611. The molecule has 4 N–H and O–H groups in total. The first-order chi connectivity index (χ1) is 12.1. The maximum absolute atomic E-state index is 11.9. The van der Waals surface area contributed by atoms with Crippen LogP contribution in [-0.2, 0) is 11.3 Å². The zero-order valence-corrected chi connectivity index (χ0v) is 14.0. The van der Waals surface area contributed by atoms with Crippen molar-refractivity contribution in [2.45, 2.75) is 13.5 Å². The smallest absolute Gasteiger partial charge is 0.316 e. The van der Waals surface area contributed by atoms with Crippen LogP contribution in [-0.4, -0.2) is 18.5 Å². The summed E-state index contributed by atoms with van der Waals surface area (Å²) < 4.78 is 5.37. The van der Waals surface area contributed by atoms with Gasteiger partial charge in [-0.15, -0.1) is 0 Å². The summed E-state index contributed by atoms with van der Waals surface area (Å²) in [6.45, 7) is 2.94. The molecule has 0 heterocycles. The molecule has 0 spiro atoms. The quantitative estimate of drug-likeness (QED) is 0.677. The van der Waals surface area contributed by atoms with Crippen molar-refractivity contribution in [2.75, 3.05) is 11.9 Å². The van der Waals surface area contributed by atoms with E-state index >= 15 is 0 Å². The fraction of sp³-hybridized carbons (Fsp3) is 0.158. The van der Waals surface area contributed by atoms with Crippen LogP contribution in [0.15, 0.2) is 54.6 Å². The van der Waals surface area contributed by atoms with E-state index in [-0.39, 0.29) is 5.91 Å². The molecule has 0 saturated carbocycles. The van der Waals surface area contributed by atoms with Gasteiger partial charge in [0, 0.05) is 18.3 Å². The molecule has 0 radical (unpaired) electrons. The van der Waals surface area contributed by atoms with Gasteiger partial charge in [-0.2, -0.15) is 0 Å². The van der Waals surface area contributed by atoms with Crippen LogP contribution in [0.2, 0.25) is 0 Å². The molecular formula is C19H21N3O3. The Morgan fingerprint density at radius 1 is 1.08 bits per heavy atom. The maximum atomic E-state index is 11.9. The molecule has 0 saturated heterocycles. The van der Waals surface area contributed by atoms with E-state index < -0.39 is 6.03 Å². The number of primary amides is 1. The summed E-state index contributed by atoms with van der Waals surface area (Å²) in [5.74, 6) is 0.617. The molecule has 0 aliphatic heterocycles. The molecule has 0 atom stereocenters. The van der Waals surface area contributed by atoms with E-state index in [4.69, 9.17) is 10.5 Å². The molecule has 130 valence electrons. The van der Waals surface area contributed by atoms with Crippen molar-refractivity contribution in [2.24, 2.45) is 5.73 Å². The average molecular weight is 339 g/mol. The molecule has 0 unspecified atom stereocenters. The van der Waals surface area contributed by atoms with Crippen LogP contribution in [0.3, 0.4) is 0 Å². The Balaban J connectivity index is 1.82. The van der Waals surface area contributed by atoms with E-state index in [0.717, 1.165) is 16.9 Å². The molecule has 0 aliphatic rings. The highest BCUT2D eigenvalue weighted by Crippen LogP contribution is 2.13. The lowest BCUT2D eigenvalue weighted by Crippen LogP contribution is -2.20. The van der Waals surface area contributed by atoms with Crippen molar-refractivity contribution in [3.05, 3.63) is 65.7 Å². The lowest BCUT2D eigenvalue weighted by atomic mass is 10.2. The highest BCUT2D eigenvalue weighted by molar-refractivity contribution is 5.91. The van der Waals surface area contributed by atoms with Gasteiger partial charge in [-0.05, 0) is 48.4 Å². The van der Waals surface area contributed by atoms with E-state index in [0.29, 0.717) is 18.8 Å². The van der Waals surface area contributed by atoms with Gasteiger partial charge in [-0.3, -0.25) is 4.79 Å². The fourth-order valence-electron chi connectivity index (χ4n) is 2.11. The number of amides is 3. The standard InChI is InChI=1S/C19H21N3O3/c1-2-25-17-10-5-14(6-11-17)7-12-18(23)21-13-15-3-8-16(9-4-15)22-19(20)24/h3-12H,2,13H2,1H3,(H,21,23)(H3,20,22,24)/b12-7+. The van der Waals surface area contributed by atoms with Crippen LogP contribution < -0.4 is 21.1 Å². The molecule has 2 aromatic carbocycles. The third-order valence-electron chi connectivity index (χ3n) is 3.31. The van der Waals surface area contributed by atoms with Crippen LogP contribution in [0, 0.1) is 0 Å². The van der Waals surface area contributed by atoms with Crippen LogP contribution in [0.5, 0.6) is 5.75 Å². The first-order valence-electron chi connectivity index (χ1n) is 7.91. The van der Waals surface area contributed by atoms with E-state index in [1.807, 2.05) is 43.3 Å². The minimum Gasteiger partial charge on any atom is -0.494 e. The number of carbonyl (C=O) groups excluding carboxylic acids is 2. The Bertz CT molecular complexity index is 738. The first kappa shape index (κ1) is 18.1. The zero-order valence-electron chi connectivity index (χ0n) is 14.0. The van der Waals surface area contributed by atoms with Crippen molar-refractivity contribution in [3.63, 3.8) is 0 Å².